The topological polar surface area (TPSA) is 65.5 Å². The molecule has 1 saturated heterocycles. The average Bonchev–Trinajstić information content (AvgIpc) is 2.64. The van der Waals surface area contributed by atoms with Crippen molar-refractivity contribution in [2.75, 3.05) is 19.6 Å². The van der Waals surface area contributed by atoms with Crippen molar-refractivity contribution in [2.24, 2.45) is 0 Å². The first-order valence-corrected chi connectivity index (χ1v) is 9.25. The van der Waals surface area contributed by atoms with Gasteiger partial charge in [-0.15, -0.1) is 0 Å². The van der Waals surface area contributed by atoms with Crippen molar-refractivity contribution < 1.29 is 9.90 Å². The molecule has 26 heavy (non-hydrogen) atoms. The number of aromatic nitrogens is 1. The number of nitrogens with zero attached hydrogens (tertiary/aromatic N) is 2. The van der Waals surface area contributed by atoms with E-state index in [1.165, 1.54) is 5.56 Å². The van der Waals surface area contributed by atoms with Crippen LogP contribution >= 0.6 is 0 Å². The molecule has 1 fully saturated rings. The molecule has 0 bridgehead atoms. The molecule has 0 spiro atoms. The van der Waals surface area contributed by atoms with Gasteiger partial charge in [-0.1, -0.05) is 30.3 Å². The van der Waals surface area contributed by atoms with Crippen LogP contribution in [-0.4, -0.2) is 46.1 Å². The second-order valence-electron chi connectivity index (χ2n) is 7.07. The molecule has 0 aliphatic carbocycles. The van der Waals surface area contributed by atoms with E-state index in [0.29, 0.717) is 19.5 Å². The molecule has 0 unspecified atom stereocenters. The minimum absolute atomic E-state index is 0.155. The molecule has 138 valence electrons. The van der Waals surface area contributed by atoms with Crippen LogP contribution in [0.1, 0.15) is 29.7 Å². The second kappa shape index (κ2) is 8.43. The third-order valence-corrected chi connectivity index (χ3v) is 4.92. The largest absolute Gasteiger partial charge is 0.379 e. The zero-order valence-corrected chi connectivity index (χ0v) is 15.3. The number of pyridine rings is 1. The molecule has 5 nitrogen and oxygen atoms in total. The van der Waals surface area contributed by atoms with E-state index in [9.17, 15) is 9.90 Å². The second-order valence-corrected chi connectivity index (χ2v) is 7.07. The lowest BCUT2D eigenvalue weighted by molar-refractivity contribution is -0.156. The summed E-state index contributed by atoms with van der Waals surface area (Å²) in [7, 11) is 0. The molecule has 5 heteroatoms. The Morgan fingerprint density at radius 3 is 2.81 bits per heavy atom. The van der Waals surface area contributed by atoms with Gasteiger partial charge in [0.05, 0.1) is 0 Å². The summed E-state index contributed by atoms with van der Waals surface area (Å²) in [5, 5.41) is 14.1. The molecule has 1 aromatic heterocycles. The molecule has 3 rings (SSSR count). The standard InChI is InChI=1S/C21H27N3O2/c1-17-14-19(8-11-23-17)15-22-16-21(26)10-5-12-24(20(21)25)13-9-18-6-3-2-4-7-18/h2-4,6-8,11,14,22,26H,5,9-10,12-13,15-16H2,1H3/t21-/m1/s1. The first kappa shape index (κ1) is 18.5. The Bertz CT molecular complexity index is 735. The van der Waals surface area contributed by atoms with Crippen LogP contribution in [0.2, 0.25) is 0 Å². The lowest BCUT2D eigenvalue weighted by Gasteiger charge is -2.38. The molecule has 2 aromatic rings. The molecule has 1 aromatic carbocycles. The molecule has 1 aliphatic heterocycles. The van der Waals surface area contributed by atoms with Crippen molar-refractivity contribution in [3.05, 3.63) is 65.5 Å². The number of aliphatic hydroxyl groups is 1. The summed E-state index contributed by atoms with van der Waals surface area (Å²) in [4.78, 5) is 18.8. The Morgan fingerprint density at radius 2 is 2.04 bits per heavy atom. The van der Waals surface area contributed by atoms with Gasteiger partial charge in [-0.3, -0.25) is 9.78 Å². The van der Waals surface area contributed by atoms with Crippen molar-refractivity contribution in [3.8, 4) is 0 Å². The van der Waals surface area contributed by atoms with Crippen molar-refractivity contribution in [2.45, 2.75) is 38.3 Å². The normalized spacial score (nSPS) is 20.4. The first-order valence-electron chi connectivity index (χ1n) is 9.25. The number of likely N-dealkylation sites (tertiary alicyclic amines) is 1. The van der Waals surface area contributed by atoms with E-state index < -0.39 is 5.60 Å². The number of benzene rings is 1. The fraction of sp³-hybridized carbons (Fsp3) is 0.429. The Hall–Kier alpha value is -2.24. The van der Waals surface area contributed by atoms with Gasteiger partial charge in [-0.05, 0) is 49.4 Å². The lowest BCUT2D eigenvalue weighted by atomic mass is 9.91. The van der Waals surface area contributed by atoms with E-state index in [-0.39, 0.29) is 12.5 Å². The molecule has 1 amide bonds. The number of carbonyl (C=O) groups excluding carboxylic acids is 1. The van der Waals surface area contributed by atoms with Crippen molar-refractivity contribution in [1.82, 2.24) is 15.2 Å². The monoisotopic (exact) mass is 353 g/mol. The summed E-state index contributed by atoms with van der Waals surface area (Å²) in [6, 6.07) is 14.1. The van der Waals surface area contributed by atoms with E-state index in [2.05, 4.69) is 22.4 Å². The highest BCUT2D eigenvalue weighted by Crippen LogP contribution is 2.22. The SMILES string of the molecule is Cc1cc(CNC[C@]2(O)CCCN(CCc3ccccc3)C2=O)ccn1. The van der Waals surface area contributed by atoms with Crippen LogP contribution in [0, 0.1) is 6.92 Å². The summed E-state index contributed by atoms with van der Waals surface area (Å²) in [6.45, 7) is 4.20. The van der Waals surface area contributed by atoms with E-state index in [1.807, 2.05) is 37.3 Å². The Balaban J connectivity index is 1.53. The fourth-order valence-corrected chi connectivity index (χ4v) is 3.48. The number of hydrogen-bond acceptors (Lipinski definition) is 4. The zero-order valence-electron chi connectivity index (χ0n) is 15.3. The fourth-order valence-electron chi connectivity index (χ4n) is 3.48. The van der Waals surface area contributed by atoms with Crippen LogP contribution < -0.4 is 5.32 Å². The maximum Gasteiger partial charge on any atom is 0.255 e. The van der Waals surface area contributed by atoms with Gasteiger partial charge in [0.1, 0.15) is 0 Å². The minimum atomic E-state index is -1.31. The number of aryl methyl sites for hydroxylation is 1. The average molecular weight is 353 g/mol. The summed E-state index contributed by atoms with van der Waals surface area (Å²) in [5.74, 6) is -0.155. The van der Waals surface area contributed by atoms with Crippen LogP contribution in [-0.2, 0) is 17.8 Å². The van der Waals surface area contributed by atoms with Crippen LogP contribution in [0.5, 0.6) is 0 Å². The molecule has 0 saturated carbocycles. The van der Waals surface area contributed by atoms with Crippen LogP contribution in [0.3, 0.4) is 0 Å². The third-order valence-electron chi connectivity index (χ3n) is 4.92. The first-order chi connectivity index (χ1) is 12.6. The lowest BCUT2D eigenvalue weighted by Crippen LogP contribution is -2.58. The predicted molar refractivity (Wildman–Crippen MR) is 102 cm³/mol. The molecular weight excluding hydrogens is 326 g/mol. The number of amides is 1. The third kappa shape index (κ3) is 4.68. The van der Waals surface area contributed by atoms with Crippen molar-refractivity contribution in [1.29, 1.82) is 0 Å². The maximum atomic E-state index is 12.8. The van der Waals surface area contributed by atoms with Crippen molar-refractivity contribution in [3.63, 3.8) is 0 Å². The van der Waals surface area contributed by atoms with Gasteiger partial charge in [0.15, 0.2) is 5.60 Å². The Labute approximate surface area is 155 Å². The van der Waals surface area contributed by atoms with Crippen molar-refractivity contribution >= 4 is 5.91 Å². The predicted octanol–water partition coefficient (Wildman–Crippen LogP) is 2.08. The molecule has 1 aliphatic rings. The van der Waals surface area contributed by atoms with E-state index in [4.69, 9.17) is 0 Å². The zero-order chi connectivity index (χ0) is 18.4. The van der Waals surface area contributed by atoms with Gasteiger partial charge < -0.3 is 15.3 Å². The quantitative estimate of drug-likeness (QED) is 0.800. The minimum Gasteiger partial charge on any atom is -0.379 e. The van der Waals surface area contributed by atoms with E-state index >= 15 is 0 Å². The van der Waals surface area contributed by atoms with Crippen LogP contribution in [0.15, 0.2) is 48.7 Å². The Kier molecular flexibility index (Phi) is 6.01. The smallest absolute Gasteiger partial charge is 0.255 e. The molecule has 2 N–H and O–H groups in total. The summed E-state index contributed by atoms with van der Waals surface area (Å²) in [5.41, 5.74) is 1.96. The highest BCUT2D eigenvalue weighted by Gasteiger charge is 2.41. The maximum absolute atomic E-state index is 12.8. The van der Waals surface area contributed by atoms with Gasteiger partial charge >= 0.3 is 0 Å². The van der Waals surface area contributed by atoms with E-state index in [1.54, 1.807) is 11.1 Å². The van der Waals surface area contributed by atoms with Crippen LogP contribution in [0.25, 0.3) is 0 Å². The molecule has 2 heterocycles. The van der Waals surface area contributed by atoms with Gasteiger partial charge in [0, 0.05) is 38.1 Å². The highest BCUT2D eigenvalue weighted by atomic mass is 16.3. The molecule has 1 atom stereocenters. The highest BCUT2D eigenvalue weighted by molar-refractivity contribution is 5.86. The molecular formula is C21H27N3O2. The number of nitrogens with one attached hydrogen (secondary N) is 1. The van der Waals surface area contributed by atoms with Crippen LogP contribution in [0.4, 0.5) is 0 Å². The summed E-state index contributed by atoms with van der Waals surface area (Å²) < 4.78 is 0. The number of rotatable bonds is 7. The van der Waals surface area contributed by atoms with Gasteiger partial charge in [-0.25, -0.2) is 0 Å². The summed E-state index contributed by atoms with van der Waals surface area (Å²) >= 11 is 0. The Morgan fingerprint density at radius 1 is 1.23 bits per heavy atom. The number of piperidine rings is 1. The number of carbonyl (C=O) groups is 1. The molecule has 0 radical (unpaired) electrons. The summed E-state index contributed by atoms with van der Waals surface area (Å²) in [6.07, 6.45) is 3.92. The van der Waals surface area contributed by atoms with Gasteiger partial charge in [-0.2, -0.15) is 0 Å². The van der Waals surface area contributed by atoms with Gasteiger partial charge in [0.2, 0.25) is 0 Å². The van der Waals surface area contributed by atoms with Gasteiger partial charge in [0.25, 0.3) is 5.91 Å². The number of hydrogen-bond donors (Lipinski definition) is 2. The van der Waals surface area contributed by atoms with E-state index in [0.717, 1.165) is 30.6 Å².